The van der Waals surface area contributed by atoms with Crippen LogP contribution in [0.15, 0.2) is 47.0 Å². The minimum atomic E-state index is -0.446. The largest absolute Gasteiger partial charge is 0.334 e. The second-order valence-corrected chi connectivity index (χ2v) is 6.33. The zero-order valence-corrected chi connectivity index (χ0v) is 13.9. The van der Waals surface area contributed by atoms with Crippen molar-refractivity contribution in [2.24, 2.45) is 0 Å². The standard InChI is InChI=1S/C19H15F2N3O2/c1-11-5-6-15(21)16(7-11)24-10-13(9-17(24)25)18-22-19(26-23-18)12-3-2-4-14(20)8-12/h2-8,13H,9-10H2,1H3. The molecule has 0 spiro atoms. The molecular formula is C19H15F2N3O2. The van der Waals surface area contributed by atoms with E-state index in [9.17, 15) is 13.6 Å². The van der Waals surface area contributed by atoms with E-state index in [-0.39, 0.29) is 36.4 Å². The second kappa shape index (κ2) is 6.33. The molecular weight excluding hydrogens is 340 g/mol. The fraction of sp³-hybridized carbons (Fsp3) is 0.211. The summed E-state index contributed by atoms with van der Waals surface area (Å²) >= 11 is 0. The van der Waals surface area contributed by atoms with Crippen LogP contribution < -0.4 is 4.90 Å². The molecule has 5 nitrogen and oxygen atoms in total. The number of hydrogen-bond acceptors (Lipinski definition) is 4. The van der Waals surface area contributed by atoms with Crippen molar-refractivity contribution < 1.29 is 18.1 Å². The van der Waals surface area contributed by atoms with E-state index in [1.807, 2.05) is 6.92 Å². The zero-order chi connectivity index (χ0) is 18.3. The summed E-state index contributed by atoms with van der Waals surface area (Å²) in [6.07, 6.45) is 0.162. The first-order chi connectivity index (χ1) is 12.5. The number of nitrogens with zero attached hydrogens (tertiary/aromatic N) is 3. The molecule has 1 aliphatic heterocycles. The van der Waals surface area contributed by atoms with Gasteiger partial charge in [0.1, 0.15) is 11.6 Å². The number of aromatic nitrogens is 2. The van der Waals surface area contributed by atoms with Crippen LogP contribution in [0.1, 0.15) is 23.7 Å². The molecule has 7 heteroatoms. The van der Waals surface area contributed by atoms with Crippen LogP contribution in [-0.4, -0.2) is 22.6 Å². The predicted octanol–water partition coefficient (Wildman–Crippen LogP) is 3.84. The molecule has 0 radical (unpaired) electrons. The molecule has 0 N–H and O–H groups in total. The third-order valence-corrected chi connectivity index (χ3v) is 4.40. The Morgan fingerprint density at radius 3 is 2.85 bits per heavy atom. The van der Waals surface area contributed by atoms with E-state index in [4.69, 9.17) is 4.52 Å². The molecule has 0 saturated carbocycles. The maximum absolute atomic E-state index is 14.1. The fourth-order valence-electron chi connectivity index (χ4n) is 3.08. The van der Waals surface area contributed by atoms with Crippen molar-refractivity contribution in [3.05, 3.63) is 65.5 Å². The third-order valence-electron chi connectivity index (χ3n) is 4.40. The van der Waals surface area contributed by atoms with Crippen LogP contribution in [0.5, 0.6) is 0 Å². The molecule has 3 aromatic rings. The molecule has 0 bridgehead atoms. The van der Waals surface area contributed by atoms with Crippen molar-refractivity contribution in [3.8, 4) is 11.5 Å². The van der Waals surface area contributed by atoms with E-state index in [1.54, 1.807) is 24.3 Å². The molecule has 1 aromatic heterocycles. The van der Waals surface area contributed by atoms with Crippen molar-refractivity contribution in [1.29, 1.82) is 0 Å². The number of hydrogen-bond donors (Lipinski definition) is 0. The molecule has 132 valence electrons. The smallest absolute Gasteiger partial charge is 0.258 e. The molecule has 0 aliphatic carbocycles. The minimum Gasteiger partial charge on any atom is -0.334 e. The molecule has 26 heavy (non-hydrogen) atoms. The highest BCUT2D eigenvalue weighted by Gasteiger charge is 2.35. The van der Waals surface area contributed by atoms with Crippen LogP contribution in [0.3, 0.4) is 0 Å². The summed E-state index contributed by atoms with van der Waals surface area (Å²) in [6, 6.07) is 10.5. The number of carbonyl (C=O) groups excluding carboxylic acids is 1. The van der Waals surface area contributed by atoms with Gasteiger partial charge in [0, 0.05) is 24.4 Å². The van der Waals surface area contributed by atoms with Crippen LogP contribution in [0.2, 0.25) is 0 Å². The zero-order valence-electron chi connectivity index (χ0n) is 13.9. The van der Waals surface area contributed by atoms with E-state index in [1.165, 1.54) is 23.1 Å². The van der Waals surface area contributed by atoms with Gasteiger partial charge in [-0.2, -0.15) is 4.98 Å². The Bertz CT molecular complexity index is 986. The maximum atomic E-state index is 14.1. The van der Waals surface area contributed by atoms with Crippen molar-refractivity contribution in [2.45, 2.75) is 19.3 Å². The van der Waals surface area contributed by atoms with Gasteiger partial charge < -0.3 is 9.42 Å². The summed E-state index contributed by atoms with van der Waals surface area (Å²) in [5, 5.41) is 3.93. The molecule has 1 saturated heterocycles. The molecule has 1 aliphatic rings. The fourth-order valence-corrected chi connectivity index (χ4v) is 3.08. The van der Waals surface area contributed by atoms with E-state index in [0.29, 0.717) is 11.4 Å². The molecule has 1 fully saturated rings. The van der Waals surface area contributed by atoms with Gasteiger partial charge in [0.2, 0.25) is 5.91 Å². The first kappa shape index (κ1) is 16.4. The van der Waals surface area contributed by atoms with Crippen LogP contribution in [0.25, 0.3) is 11.5 Å². The lowest BCUT2D eigenvalue weighted by Crippen LogP contribution is -2.25. The Balaban J connectivity index is 1.59. The van der Waals surface area contributed by atoms with Gasteiger partial charge in [0.05, 0.1) is 5.69 Å². The Hall–Kier alpha value is -3.09. The molecule has 1 amide bonds. The van der Waals surface area contributed by atoms with Crippen LogP contribution in [0.4, 0.5) is 14.5 Å². The second-order valence-electron chi connectivity index (χ2n) is 6.33. The maximum Gasteiger partial charge on any atom is 0.258 e. The minimum absolute atomic E-state index is 0.162. The van der Waals surface area contributed by atoms with Crippen molar-refractivity contribution in [1.82, 2.24) is 10.1 Å². The van der Waals surface area contributed by atoms with E-state index in [2.05, 4.69) is 10.1 Å². The SMILES string of the molecule is Cc1ccc(F)c(N2CC(c3noc(-c4cccc(F)c4)n3)CC2=O)c1. The molecule has 4 rings (SSSR count). The van der Waals surface area contributed by atoms with Gasteiger partial charge in [0.25, 0.3) is 5.89 Å². The van der Waals surface area contributed by atoms with E-state index < -0.39 is 11.6 Å². The Kier molecular flexibility index (Phi) is 3.99. The number of carbonyl (C=O) groups is 1. The highest BCUT2D eigenvalue weighted by atomic mass is 19.1. The summed E-state index contributed by atoms with van der Waals surface area (Å²) in [5.74, 6) is -0.817. The van der Waals surface area contributed by atoms with E-state index >= 15 is 0 Å². The third kappa shape index (κ3) is 2.96. The Morgan fingerprint density at radius 1 is 1.19 bits per heavy atom. The number of halogens is 2. The van der Waals surface area contributed by atoms with Crippen molar-refractivity contribution in [3.63, 3.8) is 0 Å². The van der Waals surface area contributed by atoms with Crippen LogP contribution in [-0.2, 0) is 4.79 Å². The van der Waals surface area contributed by atoms with Gasteiger partial charge in [-0.15, -0.1) is 0 Å². The average molecular weight is 355 g/mol. The quantitative estimate of drug-likeness (QED) is 0.716. The lowest BCUT2D eigenvalue weighted by atomic mass is 10.1. The molecule has 2 aromatic carbocycles. The highest BCUT2D eigenvalue weighted by Crippen LogP contribution is 2.33. The lowest BCUT2D eigenvalue weighted by molar-refractivity contribution is -0.117. The predicted molar refractivity (Wildman–Crippen MR) is 90.5 cm³/mol. The van der Waals surface area contributed by atoms with Gasteiger partial charge in [-0.25, -0.2) is 8.78 Å². The van der Waals surface area contributed by atoms with Gasteiger partial charge in [-0.05, 0) is 42.8 Å². The highest BCUT2D eigenvalue weighted by molar-refractivity contribution is 5.96. The van der Waals surface area contributed by atoms with Crippen molar-refractivity contribution in [2.75, 3.05) is 11.4 Å². The summed E-state index contributed by atoms with van der Waals surface area (Å²) < 4.78 is 32.7. The van der Waals surface area contributed by atoms with Crippen LogP contribution >= 0.6 is 0 Å². The summed E-state index contributed by atoms with van der Waals surface area (Å²) in [5.41, 5.74) is 1.59. The number of benzene rings is 2. The number of aryl methyl sites for hydroxylation is 1. The van der Waals surface area contributed by atoms with Crippen molar-refractivity contribution >= 4 is 11.6 Å². The molecule has 1 unspecified atom stereocenters. The Labute approximate surface area is 148 Å². The topological polar surface area (TPSA) is 59.2 Å². The lowest BCUT2D eigenvalue weighted by Gasteiger charge is -2.17. The van der Waals surface area contributed by atoms with Gasteiger partial charge in [-0.1, -0.05) is 17.3 Å². The van der Waals surface area contributed by atoms with Gasteiger partial charge >= 0.3 is 0 Å². The van der Waals surface area contributed by atoms with Crippen LogP contribution in [0, 0.1) is 18.6 Å². The molecule has 2 heterocycles. The average Bonchev–Trinajstić information content (AvgIpc) is 3.24. The molecule has 1 atom stereocenters. The van der Waals surface area contributed by atoms with Gasteiger partial charge in [0.15, 0.2) is 5.82 Å². The first-order valence-corrected chi connectivity index (χ1v) is 8.17. The summed E-state index contributed by atoms with van der Waals surface area (Å²) in [6.45, 7) is 2.10. The normalized spacial score (nSPS) is 17.1. The summed E-state index contributed by atoms with van der Waals surface area (Å²) in [4.78, 5) is 18.1. The summed E-state index contributed by atoms with van der Waals surface area (Å²) in [7, 11) is 0. The Morgan fingerprint density at radius 2 is 2.04 bits per heavy atom. The van der Waals surface area contributed by atoms with E-state index in [0.717, 1.165) is 5.56 Å². The number of rotatable bonds is 3. The number of amides is 1. The monoisotopic (exact) mass is 355 g/mol. The van der Waals surface area contributed by atoms with Gasteiger partial charge in [-0.3, -0.25) is 4.79 Å². The first-order valence-electron chi connectivity index (χ1n) is 8.17. The number of anilines is 1.